The van der Waals surface area contributed by atoms with E-state index in [4.69, 9.17) is 10.00 Å². The van der Waals surface area contributed by atoms with Crippen LogP contribution in [0, 0.1) is 11.3 Å². The number of nitriles is 1. The molecule has 2 rings (SSSR count). The van der Waals surface area contributed by atoms with Gasteiger partial charge in [-0.15, -0.1) is 0 Å². The normalized spacial score (nSPS) is 17.7. The first-order valence-corrected chi connectivity index (χ1v) is 5.52. The molecule has 0 spiro atoms. The summed E-state index contributed by atoms with van der Waals surface area (Å²) in [5.41, 5.74) is 0.473. The minimum Gasteiger partial charge on any atom is -0.484 e. The van der Waals surface area contributed by atoms with Gasteiger partial charge in [-0.05, 0) is 41.1 Å². The van der Waals surface area contributed by atoms with Gasteiger partial charge in [0, 0.05) is 13.1 Å². The van der Waals surface area contributed by atoms with Crippen LogP contribution in [0.2, 0.25) is 0 Å². The van der Waals surface area contributed by atoms with Gasteiger partial charge in [0.05, 0.1) is 16.1 Å². The Labute approximate surface area is 97.2 Å². The van der Waals surface area contributed by atoms with Crippen molar-refractivity contribution < 1.29 is 4.74 Å². The van der Waals surface area contributed by atoms with Gasteiger partial charge in [-0.3, -0.25) is 0 Å². The second-order valence-corrected chi connectivity index (χ2v) is 4.77. The molecule has 0 aromatic heterocycles. The molecule has 1 aromatic rings. The van der Waals surface area contributed by atoms with Gasteiger partial charge in [0.1, 0.15) is 11.4 Å². The number of hydrogen-bond donors (Lipinski definition) is 1. The maximum Gasteiger partial charge on any atom is 0.135 e. The Kier molecular flexibility index (Phi) is 2.68. The molecule has 1 aliphatic heterocycles. The molecule has 0 amide bonds. The molecule has 4 heteroatoms. The number of nitrogens with zero attached hydrogens (tertiary/aromatic N) is 1. The Hall–Kier alpha value is -1.05. The van der Waals surface area contributed by atoms with E-state index in [0.29, 0.717) is 5.56 Å². The molecule has 1 aliphatic rings. The smallest absolute Gasteiger partial charge is 0.135 e. The van der Waals surface area contributed by atoms with Gasteiger partial charge in [0.15, 0.2) is 0 Å². The predicted molar refractivity (Wildman–Crippen MR) is 60.8 cm³/mol. The van der Waals surface area contributed by atoms with Crippen molar-refractivity contribution in [1.29, 1.82) is 5.26 Å². The first-order valence-electron chi connectivity index (χ1n) is 4.72. The van der Waals surface area contributed by atoms with Crippen LogP contribution in [0.25, 0.3) is 0 Å². The summed E-state index contributed by atoms with van der Waals surface area (Å²) >= 11 is 3.41. The first kappa shape index (κ1) is 10.5. The molecule has 0 unspecified atom stereocenters. The van der Waals surface area contributed by atoms with E-state index in [-0.39, 0.29) is 5.60 Å². The summed E-state index contributed by atoms with van der Waals surface area (Å²) in [5.74, 6) is 0.734. The molecule has 1 aromatic carbocycles. The number of rotatable bonds is 2. The van der Waals surface area contributed by atoms with Gasteiger partial charge in [0.25, 0.3) is 0 Å². The summed E-state index contributed by atoms with van der Waals surface area (Å²) in [6.07, 6.45) is 0. The van der Waals surface area contributed by atoms with Gasteiger partial charge in [0.2, 0.25) is 0 Å². The first-order chi connectivity index (χ1) is 7.13. The van der Waals surface area contributed by atoms with Crippen molar-refractivity contribution in [2.24, 2.45) is 0 Å². The summed E-state index contributed by atoms with van der Waals surface area (Å²) in [4.78, 5) is 0. The number of ether oxygens (including phenoxy) is 1. The van der Waals surface area contributed by atoms with E-state index in [1.165, 1.54) is 0 Å². The van der Waals surface area contributed by atoms with E-state index in [2.05, 4.69) is 34.2 Å². The molecule has 0 radical (unpaired) electrons. The molecular weight excluding hydrogens is 256 g/mol. The zero-order chi connectivity index (χ0) is 10.9. The van der Waals surface area contributed by atoms with Crippen LogP contribution in [-0.4, -0.2) is 18.7 Å². The Morgan fingerprint density at radius 1 is 1.53 bits per heavy atom. The highest BCUT2D eigenvalue weighted by Gasteiger charge is 2.34. The predicted octanol–water partition coefficient (Wildman–Crippen LogP) is 2.06. The standard InChI is InChI=1S/C11H11BrN2O/c1-11(6-14-7-11)15-10-4-8(5-13)2-3-9(10)12/h2-4,14H,6-7H2,1H3. The van der Waals surface area contributed by atoms with Crippen LogP contribution in [0.3, 0.4) is 0 Å². The highest BCUT2D eigenvalue weighted by molar-refractivity contribution is 9.10. The van der Waals surface area contributed by atoms with E-state index in [9.17, 15) is 0 Å². The Morgan fingerprint density at radius 3 is 2.80 bits per heavy atom. The van der Waals surface area contributed by atoms with Crippen LogP contribution in [0.1, 0.15) is 12.5 Å². The van der Waals surface area contributed by atoms with Crippen LogP contribution < -0.4 is 10.1 Å². The minimum absolute atomic E-state index is 0.142. The van der Waals surface area contributed by atoms with Crippen molar-refractivity contribution in [1.82, 2.24) is 5.32 Å². The largest absolute Gasteiger partial charge is 0.484 e. The lowest BCUT2D eigenvalue weighted by atomic mass is 10.00. The molecule has 3 nitrogen and oxygen atoms in total. The number of benzene rings is 1. The molecule has 15 heavy (non-hydrogen) atoms. The molecule has 1 heterocycles. The average Bonchev–Trinajstić information content (AvgIpc) is 2.19. The molecule has 0 saturated carbocycles. The second-order valence-electron chi connectivity index (χ2n) is 3.91. The van der Waals surface area contributed by atoms with Gasteiger partial charge in [-0.1, -0.05) is 0 Å². The molecule has 0 atom stereocenters. The Bertz CT molecular complexity index is 421. The fourth-order valence-corrected chi connectivity index (χ4v) is 1.79. The van der Waals surface area contributed by atoms with E-state index >= 15 is 0 Å². The van der Waals surface area contributed by atoms with Gasteiger partial charge in [-0.25, -0.2) is 0 Å². The van der Waals surface area contributed by atoms with Crippen LogP contribution in [0.4, 0.5) is 0 Å². The van der Waals surface area contributed by atoms with Gasteiger partial charge >= 0.3 is 0 Å². The highest BCUT2D eigenvalue weighted by atomic mass is 79.9. The molecule has 0 aliphatic carbocycles. The topological polar surface area (TPSA) is 45.0 Å². The SMILES string of the molecule is CC1(Oc2cc(C#N)ccc2Br)CNC1. The van der Waals surface area contributed by atoms with Gasteiger partial charge < -0.3 is 10.1 Å². The number of halogens is 1. The molecule has 0 bridgehead atoms. The molecular formula is C11H11BrN2O. The van der Waals surface area contributed by atoms with Crippen molar-refractivity contribution in [2.75, 3.05) is 13.1 Å². The van der Waals surface area contributed by atoms with Crippen LogP contribution in [0.15, 0.2) is 22.7 Å². The Balaban J connectivity index is 2.23. The van der Waals surface area contributed by atoms with Crippen molar-refractivity contribution in [3.05, 3.63) is 28.2 Å². The Morgan fingerprint density at radius 2 is 2.27 bits per heavy atom. The summed E-state index contributed by atoms with van der Waals surface area (Å²) in [6, 6.07) is 7.46. The lowest BCUT2D eigenvalue weighted by Crippen LogP contribution is -2.61. The zero-order valence-corrected chi connectivity index (χ0v) is 9.97. The van der Waals surface area contributed by atoms with Crippen molar-refractivity contribution in [3.8, 4) is 11.8 Å². The van der Waals surface area contributed by atoms with Crippen LogP contribution in [0.5, 0.6) is 5.75 Å². The monoisotopic (exact) mass is 266 g/mol. The van der Waals surface area contributed by atoms with Crippen molar-refractivity contribution in [3.63, 3.8) is 0 Å². The third-order valence-electron chi connectivity index (χ3n) is 2.41. The summed E-state index contributed by atoms with van der Waals surface area (Å²) in [5, 5.41) is 12.0. The van der Waals surface area contributed by atoms with Crippen LogP contribution >= 0.6 is 15.9 Å². The average molecular weight is 267 g/mol. The molecule has 1 N–H and O–H groups in total. The third kappa shape index (κ3) is 2.14. The van der Waals surface area contributed by atoms with Crippen molar-refractivity contribution >= 4 is 15.9 Å². The number of nitrogens with one attached hydrogen (secondary N) is 1. The third-order valence-corrected chi connectivity index (χ3v) is 3.07. The van der Waals surface area contributed by atoms with Crippen LogP contribution in [-0.2, 0) is 0 Å². The summed E-state index contributed by atoms with van der Waals surface area (Å²) < 4.78 is 6.73. The minimum atomic E-state index is -0.142. The lowest BCUT2D eigenvalue weighted by Gasteiger charge is -2.39. The lowest BCUT2D eigenvalue weighted by molar-refractivity contribution is 0.0341. The molecule has 1 fully saturated rings. The quantitative estimate of drug-likeness (QED) is 0.892. The molecule has 78 valence electrons. The van der Waals surface area contributed by atoms with E-state index in [0.717, 1.165) is 23.3 Å². The van der Waals surface area contributed by atoms with E-state index < -0.39 is 0 Å². The maximum absolute atomic E-state index is 8.79. The van der Waals surface area contributed by atoms with E-state index in [1.54, 1.807) is 12.1 Å². The summed E-state index contributed by atoms with van der Waals surface area (Å²) in [7, 11) is 0. The van der Waals surface area contributed by atoms with E-state index in [1.807, 2.05) is 6.07 Å². The maximum atomic E-state index is 8.79. The number of hydrogen-bond acceptors (Lipinski definition) is 3. The second kappa shape index (κ2) is 3.84. The fourth-order valence-electron chi connectivity index (χ4n) is 1.47. The summed E-state index contributed by atoms with van der Waals surface area (Å²) in [6.45, 7) is 3.74. The van der Waals surface area contributed by atoms with Gasteiger partial charge in [-0.2, -0.15) is 5.26 Å². The zero-order valence-electron chi connectivity index (χ0n) is 8.38. The fraction of sp³-hybridized carbons (Fsp3) is 0.364. The van der Waals surface area contributed by atoms with Crippen molar-refractivity contribution in [2.45, 2.75) is 12.5 Å². The molecule has 1 saturated heterocycles. The highest BCUT2D eigenvalue weighted by Crippen LogP contribution is 2.30.